The van der Waals surface area contributed by atoms with Gasteiger partial charge in [0.1, 0.15) is 0 Å². The van der Waals surface area contributed by atoms with Crippen LogP contribution in [0, 0.1) is 5.92 Å². The van der Waals surface area contributed by atoms with E-state index in [-0.39, 0.29) is 17.7 Å². The Hall–Kier alpha value is -2.94. The summed E-state index contributed by atoms with van der Waals surface area (Å²) in [6.45, 7) is 2.32. The van der Waals surface area contributed by atoms with Gasteiger partial charge in [-0.05, 0) is 46.3 Å². The van der Waals surface area contributed by atoms with Crippen LogP contribution in [-0.4, -0.2) is 31.4 Å². The average molecular weight is 431 g/mol. The third-order valence-electron chi connectivity index (χ3n) is 3.87. The van der Waals surface area contributed by atoms with E-state index < -0.39 is 0 Å². The Bertz CT molecular complexity index is 947. The molecule has 27 heavy (non-hydrogen) atoms. The highest BCUT2D eigenvalue weighted by molar-refractivity contribution is 9.10. The molecule has 9 heteroatoms. The third-order valence-corrected chi connectivity index (χ3v) is 4.28. The first-order valence-electron chi connectivity index (χ1n) is 8.30. The minimum Gasteiger partial charge on any atom is -0.326 e. The number of rotatable bonds is 6. The van der Waals surface area contributed by atoms with Crippen LogP contribution < -0.4 is 10.6 Å². The van der Waals surface area contributed by atoms with Gasteiger partial charge in [0.05, 0.1) is 23.1 Å². The fraction of sp³-hybridized carbons (Fsp3) is 0.222. The largest absolute Gasteiger partial charge is 0.326 e. The maximum Gasteiger partial charge on any atom is 0.276 e. The average Bonchev–Trinajstić information content (AvgIpc) is 3.25. The smallest absolute Gasteiger partial charge is 0.276 e. The second kappa shape index (κ2) is 8.17. The Balaban J connectivity index is 1.55. The van der Waals surface area contributed by atoms with Crippen molar-refractivity contribution in [2.45, 2.75) is 13.5 Å². The number of amides is 2. The maximum absolute atomic E-state index is 12.3. The fourth-order valence-corrected chi connectivity index (χ4v) is 2.76. The van der Waals surface area contributed by atoms with Gasteiger partial charge in [-0.15, -0.1) is 0 Å². The van der Waals surface area contributed by atoms with Crippen LogP contribution in [0.3, 0.4) is 0 Å². The van der Waals surface area contributed by atoms with E-state index in [9.17, 15) is 9.59 Å². The predicted octanol–water partition coefficient (Wildman–Crippen LogP) is 2.91. The highest BCUT2D eigenvalue weighted by Gasteiger charge is 2.15. The van der Waals surface area contributed by atoms with Crippen molar-refractivity contribution in [2.75, 3.05) is 10.6 Å². The molecule has 0 saturated heterocycles. The number of aryl methyl sites for hydroxylation is 1. The number of halogens is 1. The van der Waals surface area contributed by atoms with Crippen molar-refractivity contribution < 1.29 is 9.59 Å². The molecule has 1 aromatic carbocycles. The van der Waals surface area contributed by atoms with Gasteiger partial charge in [-0.25, -0.2) is 0 Å². The molecule has 0 fully saturated rings. The summed E-state index contributed by atoms with van der Waals surface area (Å²) < 4.78 is 4.15. The number of nitrogens with one attached hydrogen (secondary N) is 2. The van der Waals surface area contributed by atoms with E-state index in [2.05, 4.69) is 36.8 Å². The van der Waals surface area contributed by atoms with Gasteiger partial charge in [0.25, 0.3) is 5.91 Å². The highest BCUT2D eigenvalue weighted by atomic mass is 79.9. The van der Waals surface area contributed by atoms with Gasteiger partial charge in [0.2, 0.25) is 5.91 Å². The van der Waals surface area contributed by atoms with Crippen molar-refractivity contribution in [3.05, 3.63) is 59.1 Å². The second-order valence-electron chi connectivity index (χ2n) is 6.18. The number of benzene rings is 1. The van der Waals surface area contributed by atoms with Crippen LogP contribution in [-0.2, 0) is 18.4 Å². The summed E-state index contributed by atoms with van der Waals surface area (Å²) in [5.41, 5.74) is 1.62. The van der Waals surface area contributed by atoms with Crippen LogP contribution in [0.2, 0.25) is 0 Å². The van der Waals surface area contributed by atoms with Gasteiger partial charge in [0, 0.05) is 30.8 Å². The summed E-state index contributed by atoms with van der Waals surface area (Å²) in [7, 11) is 1.75. The molecule has 3 rings (SSSR count). The Morgan fingerprint density at radius 2 is 1.81 bits per heavy atom. The first-order chi connectivity index (χ1) is 12.9. The summed E-state index contributed by atoms with van der Waals surface area (Å²) in [5.74, 6) is -0.640. The topological polar surface area (TPSA) is 93.8 Å². The van der Waals surface area contributed by atoms with E-state index in [0.717, 1.165) is 4.47 Å². The number of carbonyl (C=O) groups is 2. The predicted molar refractivity (Wildman–Crippen MR) is 105 cm³/mol. The SMILES string of the molecule is CC(Cn1cc(Br)cn1)C(=O)Nc1ccc(NC(=O)c2ccn(C)n2)cc1. The van der Waals surface area contributed by atoms with E-state index >= 15 is 0 Å². The van der Waals surface area contributed by atoms with Crippen LogP contribution in [0.25, 0.3) is 0 Å². The molecule has 1 atom stereocenters. The zero-order valence-corrected chi connectivity index (χ0v) is 16.5. The lowest BCUT2D eigenvalue weighted by molar-refractivity contribution is -0.119. The van der Waals surface area contributed by atoms with Crippen molar-refractivity contribution >= 4 is 39.1 Å². The Morgan fingerprint density at radius 1 is 1.15 bits per heavy atom. The van der Waals surface area contributed by atoms with Crippen LogP contribution in [0.15, 0.2) is 53.4 Å². The molecule has 3 aromatic rings. The molecule has 2 N–H and O–H groups in total. The zero-order chi connectivity index (χ0) is 19.4. The van der Waals surface area contributed by atoms with Gasteiger partial charge in [-0.2, -0.15) is 10.2 Å². The molecule has 2 aromatic heterocycles. The monoisotopic (exact) mass is 430 g/mol. The van der Waals surface area contributed by atoms with Gasteiger partial charge in [-0.1, -0.05) is 6.92 Å². The Kier molecular flexibility index (Phi) is 5.70. The van der Waals surface area contributed by atoms with E-state index in [1.807, 2.05) is 13.1 Å². The summed E-state index contributed by atoms with van der Waals surface area (Å²) in [6, 6.07) is 8.58. The van der Waals surface area contributed by atoms with E-state index in [0.29, 0.717) is 23.6 Å². The number of hydrogen-bond donors (Lipinski definition) is 2. The lowest BCUT2D eigenvalue weighted by atomic mass is 10.1. The molecule has 0 saturated carbocycles. The Morgan fingerprint density at radius 3 is 2.37 bits per heavy atom. The van der Waals surface area contributed by atoms with E-state index in [4.69, 9.17) is 0 Å². The maximum atomic E-state index is 12.3. The molecule has 0 radical (unpaired) electrons. The van der Waals surface area contributed by atoms with Crippen LogP contribution >= 0.6 is 15.9 Å². The Labute approximate surface area is 164 Å². The second-order valence-corrected chi connectivity index (χ2v) is 7.09. The van der Waals surface area contributed by atoms with Gasteiger partial charge < -0.3 is 10.6 Å². The van der Waals surface area contributed by atoms with Crippen molar-refractivity contribution in [1.29, 1.82) is 0 Å². The number of anilines is 2. The minimum atomic E-state index is -0.286. The van der Waals surface area contributed by atoms with Gasteiger partial charge in [0.15, 0.2) is 5.69 Å². The van der Waals surface area contributed by atoms with Crippen LogP contribution in [0.5, 0.6) is 0 Å². The first kappa shape index (κ1) is 18.8. The zero-order valence-electron chi connectivity index (χ0n) is 14.9. The molecular weight excluding hydrogens is 412 g/mol. The summed E-state index contributed by atoms with van der Waals surface area (Å²) >= 11 is 3.33. The minimum absolute atomic E-state index is 0.105. The quantitative estimate of drug-likeness (QED) is 0.628. The molecule has 1 unspecified atom stereocenters. The highest BCUT2D eigenvalue weighted by Crippen LogP contribution is 2.16. The van der Waals surface area contributed by atoms with E-state index in [1.54, 1.807) is 59.1 Å². The molecule has 0 aliphatic heterocycles. The summed E-state index contributed by atoms with van der Waals surface area (Å²) in [6.07, 6.45) is 5.21. The van der Waals surface area contributed by atoms with Crippen molar-refractivity contribution in [3.8, 4) is 0 Å². The lowest BCUT2D eigenvalue weighted by Crippen LogP contribution is -2.24. The van der Waals surface area contributed by atoms with Crippen molar-refractivity contribution in [2.24, 2.45) is 13.0 Å². The molecule has 0 aliphatic carbocycles. The first-order valence-corrected chi connectivity index (χ1v) is 9.10. The molecule has 0 aliphatic rings. The fourth-order valence-electron chi connectivity index (χ4n) is 2.44. The molecule has 0 spiro atoms. The molecule has 2 heterocycles. The normalized spacial score (nSPS) is 11.8. The molecule has 8 nitrogen and oxygen atoms in total. The van der Waals surface area contributed by atoms with Crippen LogP contribution in [0.4, 0.5) is 11.4 Å². The van der Waals surface area contributed by atoms with Crippen molar-refractivity contribution in [1.82, 2.24) is 19.6 Å². The summed E-state index contributed by atoms with van der Waals surface area (Å²) in [5, 5.41) is 13.8. The standard InChI is InChI=1S/C18H19BrN6O2/c1-12(10-25-11-13(19)9-20-25)17(26)21-14-3-5-15(6-4-14)22-18(27)16-7-8-24(2)23-16/h3-9,11-12H,10H2,1-2H3,(H,21,26)(H,22,27). The summed E-state index contributed by atoms with van der Waals surface area (Å²) in [4.78, 5) is 24.4. The number of carbonyl (C=O) groups excluding carboxylic acids is 2. The molecule has 0 bridgehead atoms. The molecule has 2 amide bonds. The molecule has 140 valence electrons. The van der Waals surface area contributed by atoms with Gasteiger partial charge in [-0.3, -0.25) is 19.0 Å². The van der Waals surface area contributed by atoms with Crippen LogP contribution in [0.1, 0.15) is 17.4 Å². The number of nitrogens with zero attached hydrogens (tertiary/aromatic N) is 4. The van der Waals surface area contributed by atoms with Crippen molar-refractivity contribution in [3.63, 3.8) is 0 Å². The lowest BCUT2D eigenvalue weighted by Gasteiger charge is -2.13. The molecular formula is C18H19BrN6O2. The number of hydrogen-bond acceptors (Lipinski definition) is 4. The van der Waals surface area contributed by atoms with E-state index in [1.165, 1.54) is 0 Å². The third kappa shape index (κ3) is 5.04. The van der Waals surface area contributed by atoms with Gasteiger partial charge >= 0.3 is 0 Å². The number of aromatic nitrogens is 4.